The first kappa shape index (κ1) is 19.6. The van der Waals surface area contributed by atoms with Gasteiger partial charge in [-0.3, -0.25) is 9.69 Å². The minimum absolute atomic E-state index is 0.135. The van der Waals surface area contributed by atoms with E-state index in [1.807, 2.05) is 0 Å². The summed E-state index contributed by atoms with van der Waals surface area (Å²) in [5.74, 6) is -4.42. The number of likely N-dealkylation sites (tertiary alicyclic amines) is 1. The predicted octanol–water partition coefficient (Wildman–Crippen LogP) is 1.70. The summed E-state index contributed by atoms with van der Waals surface area (Å²) in [7, 11) is 0. The van der Waals surface area contributed by atoms with Crippen molar-refractivity contribution in [2.24, 2.45) is 5.92 Å². The SMILES string of the molecule is CCc1ccc(CN2CCC(C(=O)O)CC2)cc1.O=C(O)C(=O)O. The van der Waals surface area contributed by atoms with Crippen molar-refractivity contribution in [2.45, 2.75) is 32.7 Å². The Morgan fingerprint density at radius 1 is 0.958 bits per heavy atom. The van der Waals surface area contributed by atoms with Gasteiger partial charge in [0.1, 0.15) is 0 Å². The lowest BCUT2D eigenvalue weighted by atomic mass is 9.97. The Labute approximate surface area is 140 Å². The molecule has 1 aliphatic heterocycles. The summed E-state index contributed by atoms with van der Waals surface area (Å²) < 4.78 is 0. The first-order chi connectivity index (χ1) is 11.3. The lowest BCUT2D eigenvalue weighted by Gasteiger charge is -2.30. The zero-order valence-electron chi connectivity index (χ0n) is 13.6. The van der Waals surface area contributed by atoms with E-state index in [0.29, 0.717) is 0 Å². The van der Waals surface area contributed by atoms with Gasteiger partial charge in [0, 0.05) is 6.54 Å². The summed E-state index contributed by atoms with van der Waals surface area (Å²) in [4.78, 5) is 31.4. The Bertz CT molecular complexity index is 549. The van der Waals surface area contributed by atoms with E-state index in [2.05, 4.69) is 36.1 Å². The van der Waals surface area contributed by atoms with Crippen LogP contribution in [0.5, 0.6) is 0 Å². The average molecular weight is 337 g/mol. The van der Waals surface area contributed by atoms with Gasteiger partial charge in [-0.15, -0.1) is 0 Å². The molecule has 0 spiro atoms. The standard InChI is InChI=1S/C15H21NO2.C2H2O4/c1-2-12-3-5-13(6-4-12)11-16-9-7-14(8-10-16)15(17)18;3-1(4)2(5)6/h3-6,14H,2,7-11H2,1H3,(H,17,18);(H,3,4)(H,5,6). The van der Waals surface area contributed by atoms with Crippen molar-refractivity contribution < 1.29 is 29.7 Å². The molecule has 1 aromatic rings. The second kappa shape index (κ2) is 9.67. The molecule has 0 unspecified atom stereocenters. The molecular formula is C17H23NO6. The van der Waals surface area contributed by atoms with Gasteiger partial charge in [0.05, 0.1) is 5.92 Å². The number of carboxylic acid groups (broad SMARTS) is 3. The number of hydrogen-bond donors (Lipinski definition) is 3. The van der Waals surface area contributed by atoms with E-state index >= 15 is 0 Å². The van der Waals surface area contributed by atoms with Crippen LogP contribution < -0.4 is 0 Å². The van der Waals surface area contributed by atoms with Crippen LogP contribution in [-0.4, -0.2) is 51.2 Å². The fourth-order valence-electron chi connectivity index (χ4n) is 2.48. The Hall–Kier alpha value is -2.41. The second-order valence-corrected chi connectivity index (χ2v) is 5.67. The van der Waals surface area contributed by atoms with Gasteiger partial charge in [-0.25, -0.2) is 9.59 Å². The van der Waals surface area contributed by atoms with Gasteiger partial charge < -0.3 is 15.3 Å². The van der Waals surface area contributed by atoms with Gasteiger partial charge >= 0.3 is 17.9 Å². The van der Waals surface area contributed by atoms with E-state index in [9.17, 15) is 4.79 Å². The second-order valence-electron chi connectivity index (χ2n) is 5.67. The van der Waals surface area contributed by atoms with E-state index in [0.717, 1.165) is 38.9 Å². The summed E-state index contributed by atoms with van der Waals surface area (Å²) in [6.07, 6.45) is 2.63. The third-order valence-corrected chi connectivity index (χ3v) is 3.96. The van der Waals surface area contributed by atoms with Crippen LogP contribution in [0.1, 0.15) is 30.9 Å². The molecule has 1 heterocycles. The smallest absolute Gasteiger partial charge is 0.414 e. The van der Waals surface area contributed by atoms with Gasteiger partial charge in [0.25, 0.3) is 0 Å². The molecule has 0 aliphatic carbocycles. The maximum Gasteiger partial charge on any atom is 0.414 e. The Balaban J connectivity index is 0.000000413. The molecule has 1 fully saturated rings. The molecule has 2 rings (SSSR count). The van der Waals surface area contributed by atoms with E-state index in [1.165, 1.54) is 11.1 Å². The van der Waals surface area contributed by atoms with Crippen LogP contribution in [0.15, 0.2) is 24.3 Å². The molecule has 7 nitrogen and oxygen atoms in total. The highest BCUT2D eigenvalue weighted by molar-refractivity contribution is 6.27. The van der Waals surface area contributed by atoms with Crippen molar-refractivity contribution in [2.75, 3.05) is 13.1 Å². The molecule has 1 aromatic carbocycles. The lowest BCUT2D eigenvalue weighted by molar-refractivity contribution is -0.159. The number of rotatable bonds is 4. The Kier molecular flexibility index (Phi) is 7.91. The van der Waals surface area contributed by atoms with E-state index in [-0.39, 0.29) is 5.92 Å². The summed E-state index contributed by atoms with van der Waals surface area (Å²) in [5.41, 5.74) is 2.68. The molecule has 0 bridgehead atoms. The van der Waals surface area contributed by atoms with Gasteiger partial charge in [-0.1, -0.05) is 31.2 Å². The molecule has 0 amide bonds. The zero-order chi connectivity index (χ0) is 18.1. The van der Waals surface area contributed by atoms with Crippen LogP contribution in [0, 0.1) is 5.92 Å². The molecule has 0 aromatic heterocycles. The monoisotopic (exact) mass is 337 g/mol. The lowest BCUT2D eigenvalue weighted by Crippen LogP contribution is -2.35. The van der Waals surface area contributed by atoms with Gasteiger partial charge in [0.15, 0.2) is 0 Å². The van der Waals surface area contributed by atoms with Crippen LogP contribution in [0.2, 0.25) is 0 Å². The summed E-state index contributed by atoms with van der Waals surface area (Å²) >= 11 is 0. The van der Waals surface area contributed by atoms with E-state index in [1.54, 1.807) is 0 Å². The number of aryl methyl sites for hydroxylation is 1. The molecule has 3 N–H and O–H groups in total. The van der Waals surface area contributed by atoms with E-state index in [4.69, 9.17) is 24.9 Å². The average Bonchev–Trinajstić information content (AvgIpc) is 2.56. The first-order valence-electron chi connectivity index (χ1n) is 7.82. The van der Waals surface area contributed by atoms with Crippen LogP contribution >= 0.6 is 0 Å². The largest absolute Gasteiger partial charge is 0.481 e. The van der Waals surface area contributed by atoms with Gasteiger partial charge in [-0.05, 0) is 43.5 Å². The minimum atomic E-state index is -1.82. The van der Waals surface area contributed by atoms with Gasteiger partial charge in [-0.2, -0.15) is 0 Å². The highest BCUT2D eigenvalue weighted by atomic mass is 16.4. The van der Waals surface area contributed by atoms with E-state index < -0.39 is 17.9 Å². The predicted molar refractivity (Wildman–Crippen MR) is 86.7 cm³/mol. The third-order valence-electron chi connectivity index (χ3n) is 3.96. The molecular weight excluding hydrogens is 314 g/mol. The number of carboxylic acids is 3. The first-order valence-corrected chi connectivity index (χ1v) is 7.82. The van der Waals surface area contributed by atoms with Crippen molar-refractivity contribution in [1.29, 1.82) is 0 Å². The molecule has 1 saturated heterocycles. The normalized spacial score (nSPS) is 15.2. The van der Waals surface area contributed by atoms with Crippen molar-refractivity contribution in [3.05, 3.63) is 35.4 Å². The summed E-state index contributed by atoms with van der Waals surface area (Å²) in [5, 5.41) is 23.7. The van der Waals surface area contributed by atoms with Crippen LogP contribution in [0.25, 0.3) is 0 Å². The minimum Gasteiger partial charge on any atom is -0.481 e. The highest BCUT2D eigenvalue weighted by Crippen LogP contribution is 2.19. The molecule has 0 radical (unpaired) electrons. The topological polar surface area (TPSA) is 115 Å². The van der Waals surface area contributed by atoms with Gasteiger partial charge in [0.2, 0.25) is 0 Å². The van der Waals surface area contributed by atoms with Crippen LogP contribution in [0.3, 0.4) is 0 Å². The Morgan fingerprint density at radius 2 is 1.42 bits per heavy atom. The molecule has 7 heteroatoms. The summed E-state index contributed by atoms with van der Waals surface area (Å²) in [6, 6.07) is 8.73. The van der Waals surface area contributed by atoms with Crippen molar-refractivity contribution >= 4 is 17.9 Å². The van der Waals surface area contributed by atoms with Crippen molar-refractivity contribution in [1.82, 2.24) is 4.90 Å². The maximum absolute atomic E-state index is 10.9. The molecule has 0 saturated carbocycles. The third kappa shape index (κ3) is 6.78. The van der Waals surface area contributed by atoms with Crippen LogP contribution in [0.4, 0.5) is 0 Å². The zero-order valence-corrected chi connectivity index (χ0v) is 13.6. The number of benzene rings is 1. The quantitative estimate of drug-likeness (QED) is 0.716. The number of piperidine rings is 1. The van der Waals surface area contributed by atoms with Crippen LogP contribution in [-0.2, 0) is 27.3 Å². The highest BCUT2D eigenvalue weighted by Gasteiger charge is 2.24. The molecule has 1 aliphatic rings. The van der Waals surface area contributed by atoms with Crippen molar-refractivity contribution in [3.8, 4) is 0 Å². The number of nitrogens with zero attached hydrogens (tertiary/aromatic N) is 1. The van der Waals surface area contributed by atoms with Crippen molar-refractivity contribution in [3.63, 3.8) is 0 Å². The molecule has 24 heavy (non-hydrogen) atoms. The fourth-order valence-corrected chi connectivity index (χ4v) is 2.48. The number of aliphatic carboxylic acids is 3. The summed E-state index contributed by atoms with van der Waals surface area (Å²) in [6.45, 7) is 4.89. The number of carbonyl (C=O) groups is 3. The molecule has 0 atom stereocenters. The Morgan fingerprint density at radius 3 is 1.79 bits per heavy atom. The fraction of sp³-hybridized carbons (Fsp3) is 0.471. The number of hydrogen-bond acceptors (Lipinski definition) is 4. The maximum atomic E-state index is 10.9. The molecule has 132 valence electrons.